The van der Waals surface area contributed by atoms with Gasteiger partial charge < -0.3 is 25.3 Å². The molecule has 0 aliphatic heterocycles. The number of ether oxygens (including phenoxy) is 3. The maximum Gasteiger partial charge on any atom is 0.248 e. The lowest BCUT2D eigenvalue weighted by atomic mass is 10.2. The molecular weight excluding hydrogens is 450 g/mol. The van der Waals surface area contributed by atoms with E-state index in [1.807, 2.05) is 18.2 Å². The standard InChI is InChI=1S/C21H18BrN5O3/c1-28-12-5-7-16(29-2)15(10-12)27-20-18(23)21(26-11-25-20)30-17-8-6-14(22)13-4-3-9-24-19(13)17/h3-11H,23H2,1-2H3,(H,25,26,27). The van der Waals surface area contributed by atoms with Crippen LogP contribution in [0, 0.1) is 0 Å². The van der Waals surface area contributed by atoms with Crippen molar-refractivity contribution in [2.24, 2.45) is 0 Å². The number of fused-ring (bicyclic) bond motifs is 1. The van der Waals surface area contributed by atoms with E-state index in [0.29, 0.717) is 34.3 Å². The molecule has 0 amide bonds. The van der Waals surface area contributed by atoms with Crippen LogP contribution in [0.1, 0.15) is 0 Å². The summed E-state index contributed by atoms with van der Waals surface area (Å²) < 4.78 is 17.6. The smallest absolute Gasteiger partial charge is 0.248 e. The van der Waals surface area contributed by atoms with E-state index in [-0.39, 0.29) is 11.6 Å². The topological polar surface area (TPSA) is 104 Å². The minimum atomic E-state index is 0.212. The van der Waals surface area contributed by atoms with Crippen LogP contribution in [-0.4, -0.2) is 29.2 Å². The van der Waals surface area contributed by atoms with Gasteiger partial charge >= 0.3 is 0 Å². The number of hydrogen-bond acceptors (Lipinski definition) is 8. The van der Waals surface area contributed by atoms with Crippen molar-refractivity contribution in [3.05, 3.63) is 59.5 Å². The van der Waals surface area contributed by atoms with Gasteiger partial charge in [-0.15, -0.1) is 0 Å². The second-order valence-electron chi connectivity index (χ2n) is 6.18. The number of rotatable bonds is 6. The molecule has 4 rings (SSSR count). The average Bonchev–Trinajstić information content (AvgIpc) is 2.78. The summed E-state index contributed by atoms with van der Waals surface area (Å²) in [5.41, 5.74) is 7.88. The molecule has 2 aromatic heterocycles. The molecule has 0 saturated heterocycles. The summed E-state index contributed by atoms with van der Waals surface area (Å²) in [6.45, 7) is 0. The normalized spacial score (nSPS) is 10.6. The van der Waals surface area contributed by atoms with Gasteiger partial charge in [-0.3, -0.25) is 4.98 Å². The number of nitrogen functional groups attached to an aromatic ring is 1. The highest BCUT2D eigenvalue weighted by atomic mass is 79.9. The molecule has 9 heteroatoms. The summed E-state index contributed by atoms with van der Waals surface area (Å²) in [6.07, 6.45) is 3.07. The number of halogens is 1. The van der Waals surface area contributed by atoms with Gasteiger partial charge in [-0.05, 0) is 30.3 Å². The van der Waals surface area contributed by atoms with Crippen LogP contribution < -0.4 is 25.3 Å². The zero-order valence-corrected chi connectivity index (χ0v) is 17.8. The predicted molar refractivity (Wildman–Crippen MR) is 119 cm³/mol. The van der Waals surface area contributed by atoms with Gasteiger partial charge in [0.05, 0.1) is 19.9 Å². The van der Waals surface area contributed by atoms with Crippen LogP contribution in [0.3, 0.4) is 0 Å². The number of nitrogens with one attached hydrogen (secondary N) is 1. The number of hydrogen-bond donors (Lipinski definition) is 2. The number of nitrogens with two attached hydrogens (primary N) is 1. The third-order valence-corrected chi connectivity index (χ3v) is 5.08. The number of pyridine rings is 1. The molecular formula is C21H18BrN5O3. The van der Waals surface area contributed by atoms with E-state index in [1.54, 1.807) is 44.7 Å². The van der Waals surface area contributed by atoms with Crippen LogP contribution in [0.2, 0.25) is 0 Å². The molecule has 2 heterocycles. The molecule has 0 bridgehead atoms. The van der Waals surface area contributed by atoms with Crippen molar-refractivity contribution in [3.63, 3.8) is 0 Å². The predicted octanol–water partition coefficient (Wildman–Crippen LogP) is 4.92. The largest absolute Gasteiger partial charge is 0.497 e. The van der Waals surface area contributed by atoms with Crippen LogP contribution in [-0.2, 0) is 0 Å². The van der Waals surface area contributed by atoms with E-state index in [9.17, 15) is 0 Å². The zero-order valence-electron chi connectivity index (χ0n) is 16.2. The van der Waals surface area contributed by atoms with Crippen molar-refractivity contribution in [3.8, 4) is 23.1 Å². The summed E-state index contributed by atoms with van der Waals surface area (Å²) in [5, 5.41) is 4.07. The average molecular weight is 468 g/mol. The third-order valence-electron chi connectivity index (χ3n) is 4.39. The first-order valence-corrected chi connectivity index (χ1v) is 9.70. The highest BCUT2D eigenvalue weighted by Crippen LogP contribution is 2.37. The Morgan fingerprint density at radius 2 is 1.80 bits per heavy atom. The van der Waals surface area contributed by atoms with Gasteiger partial charge in [-0.25, -0.2) is 4.98 Å². The fourth-order valence-corrected chi connectivity index (χ4v) is 3.35. The quantitative estimate of drug-likeness (QED) is 0.411. The zero-order chi connectivity index (χ0) is 21.1. The lowest BCUT2D eigenvalue weighted by Crippen LogP contribution is -2.04. The first kappa shape index (κ1) is 19.7. The monoisotopic (exact) mass is 467 g/mol. The summed E-state index contributed by atoms with van der Waals surface area (Å²) in [7, 11) is 3.17. The Balaban J connectivity index is 1.69. The molecule has 2 aromatic carbocycles. The maximum absolute atomic E-state index is 6.30. The van der Waals surface area contributed by atoms with E-state index in [0.717, 1.165) is 9.86 Å². The molecule has 0 fully saturated rings. The van der Waals surface area contributed by atoms with E-state index < -0.39 is 0 Å². The lowest BCUT2D eigenvalue weighted by Gasteiger charge is -2.15. The van der Waals surface area contributed by atoms with Crippen molar-refractivity contribution in [2.45, 2.75) is 0 Å². The second kappa shape index (κ2) is 8.42. The Hall–Kier alpha value is -3.59. The summed E-state index contributed by atoms with van der Waals surface area (Å²) in [4.78, 5) is 12.8. The van der Waals surface area contributed by atoms with Gasteiger partial charge in [0.1, 0.15) is 29.0 Å². The second-order valence-corrected chi connectivity index (χ2v) is 7.03. The number of benzene rings is 2. The van der Waals surface area contributed by atoms with Crippen molar-refractivity contribution < 1.29 is 14.2 Å². The van der Waals surface area contributed by atoms with Gasteiger partial charge in [0.2, 0.25) is 5.88 Å². The van der Waals surface area contributed by atoms with Crippen molar-refractivity contribution in [2.75, 3.05) is 25.3 Å². The van der Waals surface area contributed by atoms with Crippen LogP contribution >= 0.6 is 15.9 Å². The molecule has 8 nitrogen and oxygen atoms in total. The summed E-state index contributed by atoms with van der Waals surface area (Å²) in [6, 6.07) is 12.9. The Morgan fingerprint density at radius 1 is 0.967 bits per heavy atom. The van der Waals surface area contributed by atoms with Crippen molar-refractivity contribution in [1.29, 1.82) is 0 Å². The van der Waals surface area contributed by atoms with Crippen molar-refractivity contribution in [1.82, 2.24) is 15.0 Å². The first-order valence-electron chi connectivity index (χ1n) is 8.91. The number of methoxy groups -OCH3 is 2. The SMILES string of the molecule is COc1ccc(OC)c(Nc2ncnc(Oc3ccc(Br)c4cccnc34)c2N)c1. The van der Waals surface area contributed by atoms with Gasteiger partial charge in [0, 0.05) is 22.1 Å². The van der Waals surface area contributed by atoms with Gasteiger partial charge in [0.25, 0.3) is 0 Å². The minimum Gasteiger partial charge on any atom is -0.497 e. The Morgan fingerprint density at radius 3 is 2.60 bits per heavy atom. The Labute approximate surface area is 181 Å². The number of anilines is 3. The molecule has 0 unspecified atom stereocenters. The lowest BCUT2D eigenvalue weighted by molar-refractivity contribution is 0.405. The van der Waals surface area contributed by atoms with E-state index in [2.05, 4.69) is 36.2 Å². The Bertz CT molecular complexity index is 1220. The molecule has 152 valence electrons. The van der Waals surface area contributed by atoms with E-state index in [1.165, 1.54) is 6.33 Å². The molecule has 0 aliphatic carbocycles. The highest BCUT2D eigenvalue weighted by Gasteiger charge is 2.15. The Kier molecular flexibility index (Phi) is 5.53. The molecule has 0 atom stereocenters. The van der Waals surface area contributed by atoms with E-state index >= 15 is 0 Å². The molecule has 0 spiro atoms. The third kappa shape index (κ3) is 3.79. The van der Waals surface area contributed by atoms with E-state index in [4.69, 9.17) is 19.9 Å². The van der Waals surface area contributed by atoms with Gasteiger partial charge in [-0.1, -0.05) is 22.0 Å². The molecule has 0 aliphatic rings. The molecule has 4 aromatic rings. The fourth-order valence-electron chi connectivity index (χ4n) is 2.90. The van der Waals surface area contributed by atoms with Crippen molar-refractivity contribution >= 4 is 44.0 Å². The summed E-state index contributed by atoms with van der Waals surface area (Å²) >= 11 is 3.53. The molecule has 30 heavy (non-hydrogen) atoms. The fraction of sp³-hybridized carbons (Fsp3) is 0.0952. The van der Waals surface area contributed by atoms with Crippen LogP contribution in [0.4, 0.5) is 17.2 Å². The number of nitrogens with zero attached hydrogens (tertiary/aromatic N) is 3. The van der Waals surface area contributed by atoms with Gasteiger partial charge in [-0.2, -0.15) is 4.98 Å². The minimum absolute atomic E-state index is 0.212. The molecule has 0 radical (unpaired) electrons. The van der Waals surface area contributed by atoms with Gasteiger partial charge in [0.15, 0.2) is 11.6 Å². The van der Waals surface area contributed by atoms with Crippen LogP contribution in [0.25, 0.3) is 10.9 Å². The highest BCUT2D eigenvalue weighted by molar-refractivity contribution is 9.10. The first-order chi connectivity index (χ1) is 14.6. The maximum atomic E-state index is 6.30. The van der Waals surface area contributed by atoms with Crippen LogP contribution in [0.5, 0.6) is 23.1 Å². The summed E-state index contributed by atoms with van der Waals surface area (Å²) in [5.74, 6) is 2.39. The van der Waals surface area contributed by atoms with Crippen LogP contribution in [0.15, 0.2) is 59.5 Å². The molecule has 0 saturated carbocycles. The number of aromatic nitrogens is 3. The molecule has 3 N–H and O–H groups in total.